The zero-order chi connectivity index (χ0) is 20.3. The van der Waals surface area contributed by atoms with Gasteiger partial charge in [0.2, 0.25) is 0 Å². The number of aromatic nitrogens is 3. The van der Waals surface area contributed by atoms with Crippen LogP contribution in [-0.2, 0) is 13.1 Å². The van der Waals surface area contributed by atoms with Gasteiger partial charge < -0.3 is 10.2 Å². The van der Waals surface area contributed by atoms with E-state index in [1.807, 2.05) is 62.3 Å². The Morgan fingerprint density at radius 2 is 1.86 bits per heavy atom. The number of benzene rings is 1. The predicted octanol–water partition coefficient (Wildman–Crippen LogP) is 3.59. The molecule has 0 radical (unpaired) electrons. The van der Waals surface area contributed by atoms with E-state index in [9.17, 15) is 4.79 Å². The molecule has 6 nitrogen and oxygen atoms in total. The molecule has 0 atom stereocenters. The minimum atomic E-state index is -0.235. The quantitative estimate of drug-likeness (QED) is 0.690. The Bertz CT molecular complexity index is 979. The van der Waals surface area contributed by atoms with Crippen molar-refractivity contribution < 1.29 is 4.79 Å². The molecule has 28 heavy (non-hydrogen) atoms. The Morgan fingerprint density at radius 3 is 2.54 bits per heavy atom. The summed E-state index contributed by atoms with van der Waals surface area (Å²) < 4.78 is 1.66. The second-order valence-electron chi connectivity index (χ2n) is 6.99. The van der Waals surface area contributed by atoms with E-state index in [1.165, 1.54) is 5.56 Å². The van der Waals surface area contributed by atoms with Gasteiger partial charge in [-0.25, -0.2) is 9.67 Å². The first-order valence-electron chi connectivity index (χ1n) is 9.04. The fraction of sp³-hybridized carbons (Fsp3) is 0.286. The molecule has 0 saturated carbocycles. The molecule has 146 valence electrons. The molecule has 7 heteroatoms. The maximum atomic E-state index is 12.7. The zero-order valence-corrected chi connectivity index (χ0v) is 17.3. The van der Waals surface area contributed by atoms with E-state index in [0.717, 1.165) is 16.9 Å². The highest BCUT2D eigenvalue weighted by atomic mass is 35.5. The van der Waals surface area contributed by atoms with E-state index in [-0.39, 0.29) is 5.91 Å². The third-order valence-corrected chi connectivity index (χ3v) is 4.85. The standard InChI is InChI=1S/C21H24ClN5O/c1-14-5-7-16(8-6-14)13-27-20(22)19(15(2)25-27)21(28)24-12-17-9-10-23-18(11-17)26(3)4/h5-11H,12-13H2,1-4H3,(H,24,28). The highest BCUT2D eigenvalue weighted by molar-refractivity contribution is 6.33. The van der Waals surface area contributed by atoms with Crippen LogP contribution in [0.3, 0.4) is 0 Å². The number of amides is 1. The van der Waals surface area contributed by atoms with Crippen LogP contribution in [-0.4, -0.2) is 34.8 Å². The average Bonchev–Trinajstić information content (AvgIpc) is 2.95. The average molecular weight is 398 g/mol. The van der Waals surface area contributed by atoms with Crippen molar-refractivity contribution in [2.45, 2.75) is 26.9 Å². The molecule has 0 aliphatic heterocycles. The topological polar surface area (TPSA) is 63.1 Å². The molecular weight excluding hydrogens is 374 g/mol. The van der Waals surface area contributed by atoms with Gasteiger partial charge in [-0.15, -0.1) is 0 Å². The van der Waals surface area contributed by atoms with E-state index >= 15 is 0 Å². The fourth-order valence-corrected chi connectivity index (χ4v) is 3.19. The summed E-state index contributed by atoms with van der Waals surface area (Å²) in [5.74, 6) is 0.604. The van der Waals surface area contributed by atoms with Gasteiger partial charge in [-0.05, 0) is 37.1 Å². The van der Waals surface area contributed by atoms with Crippen LogP contribution in [0.15, 0.2) is 42.6 Å². The highest BCUT2D eigenvalue weighted by Crippen LogP contribution is 2.21. The summed E-state index contributed by atoms with van der Waals surface area (Å²) in [6.07, 6.45) is 1.73. The van der Waals surface area contributed by atoms with Crippen molar-refractivity contribution >= 4 is 23.3 Å². The van der Waals surface area contributed by atoms with Crippen LogP contribution in [0.25, 0.3) is 0 Å². The Labute approximate surface area is 170 Å². The number of halogens is 1. The van der Waals surface area contributed by atoms with Crippen molar-refractivity contribution in [3.63, 3.8) is 0 Å². The molecule has 0 spiro atoms. The molecule has 1 N–H and O–H groups in total. The Kier molecular flexibility index (Phi) is 5.99. The number of carbonyl (C=O) groups excluding carboxylic acids is 1. The first-order chi connectivity index (χ1) is 13.3. The van der Waals surface area contributed by atoms with Crippen LogP contribution in [0, 0.1) is 13.8 Å². The molecule has 0 saturated heterocycles. The van der Waals surface area contributed by atoms with Crippen LogP contribution in [0.4, 0.5) is 5.82 Å². The second-order valence-corrected chi connectivity index (χ2v) is 7.35. The summed E-state index contributed by atoms with van der Waals surface area (Å²) in [4.78, 5) is 18.9. The monoisotopic (exact) mass is 397 g/mol. The van der Waals surface area contributed by atoms with Crippen LogP contribution in [0.2, 0.25) is 5.15 Å². The lowest BCUT2D eigenvalue weighted by molar-refractivity contribution is 0.0950. The van der Waals surface area contributed by atoms with Gasteiger partial charge in [0.25, 0.3) is 5.91 Å². The molecule has 2 aromatic heterocycles. The van der Waals surface area contributed by atoms with Gasteiger partial charge in [0.05, 0.1) is 17.8 Å². The van der Waals surface area contributed by atoms with E-state index < -0.39 is 0 Å². The molecule has 1 aromatic carbocycles. The number of rotatable bonds is 6. The van der Waals surface area contributed by atoms with Gasteiger partial charge in [0, 0.05) is 26.8 Å². The summed E-state index contributed by atoms with van der Waals surface area (Å²) in [6.45, 7) is 4.75. The van der Waals surface area contributed by atoms with Crippen LogP contribution in [0.5, 0.6) is 0 Å². The third kappa shape index (κ3) is 4.51. The van der Waals surface area contributed by atoms with Crippen molar-refractivity contribution in [3.8, 4) is 0 Å². The number of anilines is 1. The lowest BCUT2D eigenvalue weighted by Gasteiger charge is -2.12. The molecule has 0 unspecified atom stereocenters. The van der Waals surface area contributed by atoms with E-state index in [0.29, 0.717) is 29.5 Å². The Hall–Kier alpha value is -2.86. The zero-order valence-electron chi connectivity index (χ0n) is 16.5. The maximum absolute atomic E-state index is 12.7. The van der Waals surface area contributed by atoms with Crippen LogP contribution in [0.1, 0.15) is 32.7 Å². The number of pyridine rings is 1. The number of carbonyl (C=O) groups is 1. The number of nitrogens with one attached hydrogen (secondary N) is 1. The summed E-state index contributed by atoms with van der Waals surface area (Å²) in [5.41, 5.74) is 4.26. The SMILES string of the molecule is Cc1ccc(Cn2nc(C)c(C(=O)NCc3ccnc(N(C)C)c3)c2Cl)cc1. The molecular formula is C21H24ClN5O. The van der Waals surface area contributed by atoms with E-state index in [1.54, 1.807) is 17.8 Å². The molecule has 1 amide bonds. The summed E-state index contributed by atoms with van der Waals surface area (Å²) >= 11 is 6.48. The lowest BCUT2D eigenvalue weighted by atomic mass is 10.1. The van der Waals surface area contributed by atoms with Crippen LogP contribution >= 0.6 is 11.6 Å². The molecule has 0 bridgehead atoms. The van der Waals surface area contributed by atoms with Crippen molar-refractivity contribution in [1.82, 2.24) is 20.1 Å². The summed E-state index contributed by atoms with van der Waals surface area (Å²) in [6, 6.07) is 12.0. The van der Waals surface area contributed by atoms with E-state index in [4.69, 9.17) is 11.6 Å². The molecule has 0 aliphatic carbocycles. The Balaban J connectivity index is 1.72. The first-order valence-corrected chi connectivity index (χ1v) is 9.42. The largest absolute Gasteiger partial charge is 0.363 e. The van der Waals surface area contributed by atoms with Gasteiger partial charge in [-0.2, -0.15) is 5.10 Å². The normalized spacial score (nSPS) is 10.8. The first kappa shape index (κ1) is 19.9. The fourth-order valence-electron chi connectivity index (χ4n) is 2.87. The van der Waals surface area contributed by atoms with Crippen molar-refractivity contribution in [3.05, 3.63) is 75.7 Å². The van der Waals surface area contributed by atoms with Crippen molar-refractivity contribution in [2.24, 2.45) is 0 Å². The van der Waals surface area contributed by atoms with Gasteiger partial charge in [-0.3, -0.25) is 4.79 Å². The van der Waals surface area contributed by atoms with Gasteiger partial charge >= 0.3 is 0 Å². The predicted molar refractivity (Wildman–Crippen MR) is 112 cm³/mol. The minimum absolute atomic E-state index is 0.235. The Morgan fingerprint density at radius 1 is 1.14 bits per heavy atom. The molecule has 0 fully saturated rings. The van der Waals surface area contributed by atoms with Crippen LogP contribution < -0.4 is 10.2 Å². The summed E-state index contributed by atoms with van der Waals surface area (Å²) in [7, 11) is 3.85. The third-order valence-electron chi connectivity index (χ3n) is 4.47. The lowest BCUT2D eigenvalue weighted by Crippen LogP contribution is -2.24. The van der Waals surface area contributed by atoms with Crippen molar-refractivity contribution in [2.75, 3.05) is 19.0 Å². The maximum Gasteiger partial charge on any atom is 0.256 e. The van der Waals surface area contributed by atoms with E-state index in [2.05, 4.69) is 15.4 Å². The second kappa shape index (κ2) is 8.44. The molecule has 2 heterocycles. The number of hydrogen-bond donors (Lipinski definition) is 1. The van der Waals surface area contributed by atoms with Gasteiger partial charge in [-0.1, -0.05) is 41.4 Å². The molecule has 3 aromatic rings. The minimum Gasteiger partial charge on any atom is -0.363 e. The number of aryl methyl sites for hydroxylation is 2. The number of nitrogens with zero attached hydrogens (tertiary/aromatic N) is 4. The number of hydrogen-bond acceptors (Lipinski definition) is 4. The highest BCUT2D eigenvalue weighted by Gasteiger charge is 2.20. The van der Waals surface area contributed by atoms with Gasteiger partial charge in [0.15, 0.2) is 0 Å². The van der Waals surface area contributed by atoms with Crippen molar-refractivity contribution in [1.29, 1.82) is 0 Å². The summed E-state index contributed by atoms with van der Waals surface area (Å²) in [5, 5.41) is 7.72. The smallest absolute Gasteiger partial charge is 0.256 e. The molecule has 3 rings (SSSR count). The molecule has 0 aliphatic rings. The van der Waals surface area contributed by atoms with Gasteiger partial charge in [0.1, 0.15) is 11.0 Å².